The second-order valence-corrected chi connectivity index (χ2v) is 6.45. The van der Waals surface area contributed by atoms with E-state index in [0.717, 1.165) is 17.0 Å². The SMILES string of the molecule is CC(c1cc(-c2ccccc2)n[nH]1)N(C)C(=O)c1ccccc1-c1nn[nH]n1. The molecule has 0 aliphatic rings. The summed E-state index contributed by atoms with van der Waals surface area (Å²) in [6.45, 7) is 1.96. The highest BCUT2D eigenvalue weighted by Crippen LogP contribution is 2.26. The minimum Gasteiger partial charge on any atom is -0.333 e. The molecule has 0 aliphatic carbocycles. The van der Waals surface area contributed by atoms with Crippen LogP contribution in [0.2, 0.25) is 0 Å². The number of carbonyl (C=O) groups excluding carboxylic acids is 1. The molecular formula is C20H19N7O. The third-order valence-corrected chi connectivity index (χ3v) is 4.76. The van der Waals surface area contributed by atoms with Crippen molar-refractivity contribution in [1.82, 2.24) is 35.7 Å². The molecular weight excluding hydrogens is 354 g/mol. The van der Waals surface area contributed by atoms with Crippen LogP contribution in [0.15, 0.2) is 60.7 Å². The van der Waals surface area contributed by atoms with E-state index in [0.29, 0.717) is 17.0 Å². The van der Waals surface area contributed by atoms with Crippen LogP contribution in [-0.2, 0) is 0 Å². The molecule has 0 fully saturated rings. The zero-order valence-corrected chi connectivity index (χ0v) is 15.5. The van der Waals surface area contributed by atoms with E-state index in [4.69, 9.17) is 0 Å². The van der Waals surface area contributed by atoms with Crippen molar-refractivity contribution in [3.8, 4) is 22.6 Å². The van der Waals surface area contributed by atoms with Crippen molar-refractivity contribution in [2.75, 3.05) is 7.05 Å². The topological polar surface area (TPSA) is 103 Å². The van der Waals surface area contributed by atoms with Crippen molar-refractivity contribution in [3.05, 3.63) is 71.9 Å². The summed E-state index contributed by atoms with van der Waals surface area (Å²) in [5.41, 5.74) is 3.87. The second kappa shape index (κ2) is 7.43. The van der Waals surface area contributed by atoms with E-state index < -0.39 is 0 Å². The number of nitrogens with zero attached hydrogens (tertiary/aromatic N) is 5. The molecule has 0 spiro atoms. The standard InChI is InChI=1S/C20H19N7O/c1-13(17-12-18(22-21-17)14-8-4-3-5-9-14)27(2)20(28)16-11-7-6-10-15(16)19-23-25-26-24-19/h3-13H,1-2H3,(H,21,22)(H,23,24,25,26). The first-order valence-corrected chi connectivity index (χ1v) is 8.86. The van der Waals surface area contributed by atoms with Crippen molar-refractivity contribution in [3.63, 3.8) is 0 Å². The van der Waals surface area contributed by atoms with Crippen molar-refractivity contribution in [2.24, 2.45) is 0 Å². The Morgan fingerprint density at radius 3 is 2.54 bits per heavy atom. The fraction of sp³-hybridized carbons (Fsp3) is 0.150. The van der Waals surface area contributed by atoms with E-state index in [1.807, 2.05) is 55.5 Å². The van der Waals surface area contributed by atoms with Crippen molar-refractivity contribution >= 4 is 5.91 Å². The molecule has 8 heteroatoms. The highest BCUT2D eigenvalue weighted by molar-refractivity contribution is 6.00. The van der Waals surface area contributed by atoms with Crippen molar-refractivity contribution < 1.29 is 4.79 Å². The van der Waals surface area contributed by atoms with Gasteiger partial charge >= 0.3 is 0 Å². The van der Waals surface area contributed by atoms with E-state index in [1.54, 1.807) is 24.1 Å². The average molecular weight is 373 g/mol. The van der Waals surface area contributed by atoms with Crippen LogP contribution in [0.4, 0.5) is 0 Å². The van der Waals surface area contributed by atoms with E-state index in [-0.39, 0.29) is 11.9 Å². The maximum absolute atomic E-state index is 13.2. The molecule has 140 valence electrons. The molecule has 2 N–H and O–H groups in total. The number of aromatic nitrogens is 6. The Balaban J connectivity index is 1.59. The van der Waals surface area contributed by atoms with E-state index in [2.05, 4.69) is 30.8 Å². The van der Waals surface area contributed by atoms with E-state index in [9.17, 15) is 4.79 Å². The van der Waals surface area contributed by atoms with Gasteiger partial charge in [0.2, 0.25) is 5.82 Å². The Morgan fingerprint density at radius 2 is 1.79 bits per heavy atom. The van der Waals surface area contributed by atoms with Crippen LogP contribution in [0.1, 0.15) is 29.0 Å². The molecule has 2 heterocycles. The number of amides is 1. The Hall–Kier alpha value is -3.81. The van der Waals surface area contributed by atoms with E-state index >= 15 is 0 Å². The number of carbonyl (C=O) groups is 1. The number of H-pyrrole nitrogens is 2. The van der Waals surface area contributed by atoms with Gasteiger partial charge in [0.1, 0.15) is 0 Å². The fourth-order valence-corrected chi connectivity index (χ4v) is 3.02. The van der Waals surface area contributed by atoms with Crippen LogP contribution in [0, 0.1) is 0 Å². The van der Waals surface area contributed by atoms with Crippen LogP contribution in [0.5, 0.6) is 0 Å². The van der Waals surface area contributed by atoms with Gasteiger partial charge in [0.05, 0.1) is 23.0 Å². The summed E-state index contributed by atoms with van der Waals surface area (Å²) < 4.78 is 0. The molecule has 8 nitrogen and oxygen atoms in total. The summed E-state index contributed by atoms with van der Waals surface area (Å²) in [6.07, 6.45) is 0. The molecule has 0 saturated carbocycles. The predicted molar refractivity (Wildman–Crippen MR) is 104 cm³/mol. The lowest BCUT2D eigenvalue weighted by molar-refractivity contribution is 0.0740. The van der Waals surface area contributed by atoms with Gasteiger partial charge in [-0.15, -0.1) is 10.2 Å². The number of nitrogens with one attached hydrogen (secondary N) is 2. The largest absolute Gasteiger partial charge is 0.333 e. The summed E-state index contributed by atoms with van der Waals surface area (Å²) in [5.74, 6) is 0.252. The summed E-state index contributed by atoms with van der Waals surface area (Å²) in [5, 5.41) is 21.4. The monoisotopic (exact) mass is 373 g/mol. The van der Waals surface area contributed by atoms with Gasteiger partial charge in [0.15, 0.2) is 0 Å². The number of rotatable bonds is 5. The zero-order valence-electron chi connectivity index (χ0n) is 15.5. The highest BCUT2D eigenvalue weighted by atomic mass is 16.2. The molecule has 0 radical (unpaired) electrons. The molecule has 0 bridgehead atoms. The van der Waals surface area contributed by atoms with Gasteiger partial charge in [0.25, 0.3) is 5.91 Å². The van der Waals surface area contributed by atoms with Gasteiger partial charge in [0, 0.05) is 18.2 Å². The maximum atomic E-state index is 13.2. The summed E-state index contributed by atoms with van der Waals surface area (Å²) in [4.78, 5) is 14.8. The number of hydrogen-bond donors (Lipinski definition) is 2. The molecule has 4 rings (SSSR count). The first-order valence-electron chi connectivity index (χ1n) is 8.86. The highest BCUT2D eigenvalue weighted by Gasteiger charge is 2.24. The number of benzene rings is 2. The van der Waals surface area contributed by atoms with Gasteiger partial charge in [-0.25, -0.2) is 0 Å². The smallest absolute Gasteiger partial charge is 0.254 e. The fourth-order valence-electron chi connectivity index (χ4n) is 3.02. The summed E-state index contributed by atoms with van der Waals surface area (Å²) in [7, 11) is 1.77. The lowest BCUT2D eigenvalue weighted by Crippen LogP contribution is -2.30. The second-order valence-electron chi connectivity index (χ2n) is 6.45. The molecule has 2 aromatic carbocycles. The van der Waals surface area contributed by atoms with Gasteiger partial charge in [-0.3, -0.25) is 9.89 Å². The van der Waals surface area contributed by atoms with Crippen LogP contribution in [0.3, 0.4) is 0 Å². The van der Waals surface area contributed by atoms with E-state index in [1.165, 1.54) is 0 Å². The number of tetrazole rings is 1. The quantitative estimate of drug-likeness (QED) is 0.559. The van der Waals surface area contributed by atoms with Crippen molar-refractivity contribution in [2.45, 2.75) is 13.0 Å². The molecule has 2 aromatic heterocycles. The first kappa shape index (κ1) is 17.6. The van der Waals surface area contributed by atoms with Gasteiger partial charge in [-0.1, -0.05) is 48.5 Å². The van der Waals surface area contributed by atoms with Crippen LogP contribution in [-0.4, -0.2) is 48.7 Å². The number of aromatic amines is 2. The molecule has 4 aromatic rings. The third-order valence-electron chi connectivity index (χ3n) is 4.76. The van der Waals surface area contributed by atoms with Gasteiger partial charge in [-0.2, -0.15) is 10.3 Å². The summed E-state index contributed by atoms with van der Waals surface area (Å²) >= 11 is 0. The van der Waals surface area contributed by atoms with Crippen molar-refractivity contribution in [1.29, 1.82) is 0 Å². The Labute approximate surface area is 161 Å². The van der Waals surface area contributed by atoms with Gasteiger partial charge < -0.3 is 4.90 Å². The molecule has 1 unspecified atom stereocenters. The number of hydrogen-bond acceptors (Lipinski definition) is 5. The average Bonchev–Trinajstić information content (AvgIpc) is 3.45. The Bertz CT molecular complexity index is 1070. The molecule has 0 saturated heterocycles. The van der Waals surface area contributed by atoms with Crippen LogP contribution in [0.25, 0.3) is 22.6 Å². The molecule has 0 aliphatic heterocycles. The predicted octanol–water partition coefficient (Wildman–Crippen LogP) is 3.09. The molecule has 1 amide bonds. The zero-order chi connectivity index (χ0) is 19.5. The van der Waals surface area contributed by atoms with Crippen LogP contribution < -0.4 is 0 Å². The lowest BCUT2D eigenvalue weighted by Gasteiger charge is -2.24. The third kappa shape index (κ3) is 3.27. The summed E-state index contributed by atoms with van der Waals surface area (Å²) in [6, 6.07) is 18.9. The minimum atomic E-state index is -0.198. The molecule has 1 atom stereocenters. The maximum Gasteiger partial charge on any atom is 0.254 e. The van der Waals surface area contributed by atoms with Gasteiger partial charge in [-0.05, 0) is 24.3 Å². The normalized spacial score (nSPS) is 11.9. The minimum absolute atomic E-state index is 0.135. The lowest BCUT2D eigenvalue weighted by atomic mass is 10.0. The Morgan fingerprint density at radius 1 is 1.04 bits per heavy atom. The van der Waals surface area contributed by atoms with Crippen LogP contribution >= 0.6 is 0 Å². The Kier molecular flexibility index (Phi) is 4.67. The molecule has 28 heavy (non-hydrogen) atoms. The first-order chi connectivity index (χ1) is 13.6.